The van der Waals surface area contributed by atoms with Crippen LogP contribution in [0.1, 0.15) is 19.8 Å². The van der Waals surface area contributed by atoms with Crippen LogP contribution in [0.2, 0.25) is 0 Å². The van der Waals surface area contributed by atoms with E-state index in [4.69, 9.17) is 5.11 Å². The molecule has 0 amide bonds. The molecule has 1 atom stereocenters. The van der Waals surface area contributed by atoms with Crippen LogP contribution in [-0.2, 0) is 0 Å². The highest BCUT2D eigenvalue weighted by molar-refractivity contribution is 4.67. The largest absolute Gasteiger partial charge is 0.395 e. The van der Waals surface area contributed by atoms with Gasteiger partial charge in [-0.1, -0.05) is 6.92 Å². The summed E-state index contributed by atoms with van der Waals surface area (Å²) in [7, 11) is 1.67. The first-order chi connectivity index (χ1) is 7.10. The molecule has 0 aliphatic carbocycles. The van der Waals surface area contributed by atoms with E-state index in [1.54, 1.807) is 11.9 Å². The predicted molar refractivity (Wildman–Crippen MR) is 57.3 cm³/mol. The van der Waals surface area contributed by atoms with Gasteiger partial charge in [0.1, 0.15) is 0 Å². The molecule has 0 rings (SSSR count). The molecule has 0 spiro atoms. The number of alkyl halides is 2. The Morgan fingerprint density at radius 2 is 2.07 bits per heavy atom. The van der Waals surface area contributed by atoms with Gasteiger partial charge in [0.25, 0.3) is 6.43 Å². The second-order valence-electron chi connectivity index (χ2n) is 3.78. The monoisotopic (exact) mass is 224 g/mol. The van der Waals surface area contributed by atoms with Gasteiger partial charge in [-0.3, -0.25) is 0 Å². The Hall–Kier alpha value is -0.260. The number of hydrogen-bond acceptors (Lipinski definition) is 3. The van der Waals surface area contributed by atoms with Gasteiger partial charge < -0.3 is 15.3 Å². The van der Waals surface area contributed by atoms with Crippen molar-refractivity contribution in [3.8, 4) is 0 Å². The molecule has 0 saturated carbocycles. The van der Waals surface area contributed by atoms with E-state index in [2.05, 4.69) is 5.32 Å². The topological polar surface area (TPSA) is 35.5 Å². The van der Waals surface area contributed by atoms with Crippen LogP contribution in [0.15, 0.2) is 0 Å². The van der Waals surface area contributed by atoms with Crippen molar-refractivity contribution in [1.29, 1.82) is 0 Å². The number of hydrogen-bond donors (Lipinski definition) is 2. The fourth-order valence-corrected chi connectivity index (χ4v) is 1.31. The highest BCUT2D eigenvalue weighted by Gasteiger charge is 2.10. The minimum absolute atomic E-state index is 0.0186. The lowest BCUT2D eigenvalue weighted by Crippen LogP contribution is -2.37. The number of halogens is 2. The molecule has 0 fully saturated rings. The van der Waals surface area contributed by atoms with Crippen LogP contribution in [0.4, 0.5) is 8.78 Å². The number of aliphatic hydroxyl groups excluding tert-OH is 1. The summed E-state index contributed by atoms with van der Waals surface area (Å²) in [4.78, 5) is 1.58. The maximum Gasteiger partial charge on any atom is 0.251 e. The number of nitrogens with zero attached hydrogens (tertiary/aromatic N) is 1. The molecule has 0 aromatic heterocycles. The van der Waals surface area contributed by atoms with Crippen molar-refractivity contribution in [2.45, 2.75) is 32.2 Å². The summed E-state index contributed by atoms with van der Waals surface area (Å²) in [5.41, 5.74) is 0. The van der Waals surface area contributed by atoms with E-state index in [0.717, 1.165) is 13.0 Å². The quantitative estimate of drug-likeness (QED) is 0.611. The lowest BCUT2D eigenvalue weighted by atomic mass is 10.2. The van der Waals surface area contributed by atoms with Gasteiger partial charge in [-0.25, -0.2) is 8.78 Å². The smallest absolute Gasteiger partial charge is 0.251 e. The zero-order valence-electron chi connectivity index (χ0n) is 9.55. The van der Waals surface area contributed by atoms with Gasteiger partial charge in [-0.15, -0.1) is 0 Å². The standard InChI is InChI=1S/C10H22F2N2O/c1-3-5-13-9(8-15)4-6-14(2)7-10(11)12/h9-10,13,15H,3-8H2,1-2H3. The highest BCUT2D eigenvalue weighted by atomic mass is 19.3. The van der Waals surface area contributed by atoms with E-state index in [1.807, 2.05) is 6.92 Å². The lowest BCUT2D eigenvalue weighted by Gasteiger charge is -2.20. The van der Waals surface area contributed by atoms with Crippen LogP contribution in [0, 0.1) is 0 Å². The third-order valence-corrected chi connectivity index (χ3v) is 2.21. The van der Waals surface area contributed by atoms with E-state index in [0.29, 0.717) is 13.0 Å². The highest BCUT2D eigenvalue weighted by Crippen LogP contribution is 1.99. The van der Waals surface area contributed by atoms with Gasteiger partial charge in [0, 0.05) is 6.04 Å². The Morgan fingerprint density at radius 1 is 1.40 bits per heavy atom. The van der Waals surface area contributed by atoms with Crippen LogP contribution in [0.3, 0.4) is 0 Å². The van der Waals surface area contributed by atoms with Gasteiger partial charge in [-0.2, -0.15) is 0 Å². The summed E-state index contributed by atoms with van der Waals surface area (Å²) >= 11 is 0. The molecular formula is C10H22F2N2O. The molecular weight excluding hydrogens is 202 g/mol. The molecule has 5 heteroatoms. The minimum Gasteiger partial charge on any atom is -0.395 e. The van der Waals surface area contributed by atoms with Gasteiger partial charge in [0.15, 0.2) is 0 Å². The predicted octanol–water partition coefficient (Wildman–Crippen LogP) is 0.934. The molecule has 0 aliphatic heterocycles. The van der Waals surface area contributed by atoms with Gasteiger partial charge >= 0.3 is 0 Å². The Labute approximate surface area is 90.5 Å². The third kappa shape index (κ3) is 8.72. The maximum absolute atomic E-state index is 12.0. The molecule has 3 nitrogen and oxygen atoms in total. The van der Waals surface area contributed by atoms with E-state index in [1.165, 1.54) is 0 Å². The normalized spacial score (nSPS) is 13.8. The zero-order valence-corrected chi connectivity index (χ0v) is 9.55. The van der Waals surface area contributed by atoms with E-state index < -0.39 is 6.43 Å². The van der Waals surface area contributed by atoms with E-state index >= 15 is 0 Å². The Kier molecular flexibility index (Phi) is 8.85. The molecule has 1 unspecified atom stereocenters. The molecule has 0 saturated heterocycles. The van der Waals surface area contributed by atoms with Crippen LogP contribution < -0.4 is 5.32 Å². The van der Waals surface area contributed by atoms with Crippen LogP contribution in [-0.4, -0.2) is 55.8 Å². The third-order valence-electron chi connectivity index (χ3n) is 2.21. The van der Waals surface area contributed by atoms with Crippen LogP contribution >= 0.6 is 0 Å². The number of aliphatic hydroxyl groups is 1. The van der Waals surface area contributed by atoms with E-state index in [-0.39, 0.29) is 19.2 Å². The first kappa shape index (κ1) is 14.7. The van der Waals surface area contributed by atoms with Crippen molar-refractivity contribution in [2.75, 3.05) is 33.3 Å². The Morgan fingerprint density at radius 3 is 2.53 bits per heavy atom. The fourth-order valence-electron chi connectivity index (χ4n) is 1.31. The van der Waals surface area contributed by atoms with Crippen molar-refractivity contribution >= 4 is 0 Å². The molecule has 0 heterocycles. The maximum atomic E-state index is 12.0. The number of nitrogens with one attached hydrogen (secondary N) is 1. The first-order valence-electron chi connectivity index (χ1n) is 5.41. The molecule has 0 aromatic carbocycles. The van der Waals surface area contributed by atoms with E-state index in [9.17, 15) is 8.78 Å². The average Bonchev–Trinajstić information content (AvgIpc) is 2.17. The minimum atomic E-state index is -2.29. The Bertz CT molecular complexity index is 147. The van der Waals surface area contributed by atoms with Crippen molar-refractivity contribution in [3.63, 3.8) is 0 Å². The molecule has 15 heavy (non-hydrogen) atoms. The second-order valence-corrected chi connectivity index (χ2v) is 3.78. The van der Waals surface area contributed by atoms with Gasteiger partial charge in [0.05, 0.1) is 13.2 Å². The molecule has 0 radical (unpaired) electrons. The molecule has 0 bridgehead atoms. The van der Waals surface area contributed by atoms with Crippen molar-refractivity contribution in [1.82, 2.24) is 10.2 Å². The lowest BCUT2D eigenvalue weighted by molar-refractivity contribution is 0.0968. The molecule has 0 aliphatic rings. The molecule has 2 N–H and O–H groups in total. The summed E-state index contributed by atoms with van der Waals surface area (Å²) in [6.45, 7) is 3.33. The summed E-state index contributed by atoms with van der Waals surface area (Å²) in [6, 6.07) is 0.0186. The SMILES string of the molecule is CCCNC(CO)CCN(C)CC(F)F. The van der Waals surface area contributed by atoms with Crippen molar-refractivity contribution in [2.24, 2.45) is 0 Å². The summed E-state index contributed by atoms with van der Waals surface area (Å²) in [5.74, 6) is 0. The Balaban J connectivity index is 3.60. The van der Waals surface area contributed by atoms with Crippen LogP contribution in [0.25, 0.3) is 0 Å². The average molecular weight is 224 g/mol. The van der Waals surface area contributed by atoms with Gasteiger partial charge in [-0.05, 0) is 33.0 Å². The van der Waals surface area contributed by atoms with Crippen molar-refractivity contribution < 1.29 is 13.9 Å². The first-order valence-corrected chi connectivity index (χ1v) is 5.41. The second kappa shape index (κ2) is 9.00. The molecule has 0 aromatic rings. The fraction of sp³-hybridized carbons (Fsp3) is 1.00. The zero-order chi connectivity index (χ0) is 11.7. The summed E-state index contributed by atoms with van der Waals surface area (Å²) < 4.78 is 24.0. The van der Waals surface area contributed by atoms with Crippen molar-refractivity contribution in [3.05, 3.63) is 0 Å². The number of rotatable bonds is 9. The summed E-state index contributed by atoms with van der Waals surface area (Å²) in [5, 5.41) is 12.2. The van der Waals surface area contributed by atoms with Gasteiger partial charge in [0.2, 0.25) is 0 Å². The summed E-state index contributed by atoms with van der Waals surface area (Å²) in [6.07, 6.45) is -0.588. The van der Waals surface area contributed by atoms with Crippen LogP contribution in [0.5, 0.6) is 0 Å². The molecule has 92 valence electrons.